The Morgan fingerprint density at radius 1 is 1.21 bits per heavy atom. The Labute approximate surface area is 111 Å². The predicted molar refractivity (Wildman–Crippen MR) is 75.4 cm³/mol. The van der Waals surface area contributed by atoms with Crippen LogP contribution in [0.4, 0.5) is 15.8 Å². The lowest BCUT2D eigenvalue weighted by Gasteiger charge is -2.14. The summed E-state index contributed by atoms with van der Waals surface area (Å²) < 4.78 is 12.7. The van der Waals surface area contributed by atoms with Crippen molar-refractivity contribution in [2.75, 3.05) is 17.6 Å². The first-order valence-electron chi connectivity index (χ1n) is 6.10. The van der Waals surface area contributed by atoms with Crippen LogP contribution in [0.5, 0.6) is 0 Å². The highest BCUT2D eigenvalue weighted by Crippen LogP contribution is 2.19. The van der Waals surface area contributed by atoms with Gasteiger partial charge in [-0.2, -0.15) is 0 Å². The van der Waals surface area contributed by atoms with Crippen molar-refractivity contribution in [3.05, 3.63) is 59.4 Å². The maximum Gasteiger partial charge on any atom is 0.123 e. The number of rotatable bonds is 4. The number of anilines is 2. The Balaban J connectivity index is 1.98. The highest BCUT2D eigenvalue weighted by molar-refractivity contribution is 5.49. The molecule has 0 amide bonds. The summed E-state index contributed by atoms with van der Waals surface area (Å²) >= 11 is 0. The van der Waals surface area contributed by atoms with Gasteiger partial charge < -0.3 is 16.2 Å². The molecule has 0 aliphatic rings. The second-order valence-corrected chi connectivity index (χ2v) is 4.52. The standard InChI is InChI=1S/C15H17FN2O/c1-10-2-3-11(8-14(10)17)15(19)9-18-13-6-4-12(16)5-7-13/h2-8,15,18-19H,9,17H2,1H3. The SMILES string of the molecule is Cc1ccc(C(O)CNc2ccc(F)cc2)cc1N. The summed E-state index contributed by atoms with van der Waals surface area (Å²) in [4.78, 5) is 0. The van der Waals surface area contributed by atoms with E-state index in [1.165, 1.54) is 12.1 Å². The van der Waals surface area contributed by atoms with E-state index in [4.69, 9.17) is 5.73 Å². The molecule has 19 heavy (non-hydrogen) atoms. The number of aryl methyl sites for hydroxylation is 1. The lowest BCUT2D eigenvalue weighted by molar-refractivity contribution is 0.191. The van der Waals surface area contributed by atoms with Crippen molar-refractivity contribution in [1.29, 1.82) is 0 Å². The molecule has 3 nitrogen and oxygen atoms in total. The largest absolute Gasteiger partial charge is 0.399 e. The van der Waals surface area contributed by atoms with Crippen LogP contribution in [0.3, 0.4) is 0 Å². The minimum Gasteiger partial charge on any atom is -0.399 e. The van der Waals surface area contributed by atoms with E-state index in [1.807, 2.05) is 19.1 Å². The number of benzene rings is 2. The molecule has 2 rings (SSSR count). The molecule has 0 bridgehead atoms. The van der Waals surface area contributed by atoms with Gasteiger partial charge in [0.1, 0.15) is 5.82 Å². The summed E-state index contributed by atoms with van der Waals surface area (Å²) in [5.74, 6) is -0.280. The second-order valence-electron chi connectivity index (χ2n) is 4.52. The monoisotopic (exact) mass is 260 g/mol. The third-order valence-corrected chi connectivity index (χ3v) is 3.03. The Hall–Kier alpha value is -2.07. The van der Waals surface area contributed by atoms with Crippen LogP contribution in [0.25, 0.3) is 0 Å². The van der Waals surface area contributed by atoms with Crippen LogP contribution < -0.4 is 11.1 Å². The molecule has 2 aromatic carbocycles. The second kappa shape index (κ2) is 5.71. The van der Waals surface area contributed by atoms with Gasteiger partial charge in [-0.1, -0.05) is 12.1 Å². The van der Waals surface area contributed by atoms with Gasteiger partial charge in [0, 0.05) is 17.9 Å². The van der Waals surface area contributed by atoms with E-state index in [9.17, 15) is 9.50 Å². The van der Waals surface area contributed by atoms with Gasteiger partial charge in [-0.05, 0) is 48.4 Å². The number of aliphatic hydroxyl groups is 1. The summed E-state index contributed by atoms with van der Waals surface area (Å²) in [5.41, 5.74) is 8.99. The van der Waals surface area contributed by atoms with E-state index in [1.54, 1.807) is 18.2 Å². The average molecular weight is 260 g/mol. The molecule has 0 radical (unpaired) electrons. The Kier molecular flexibility index (Phi) is 4.02. The number of hydrogen-bond donors (Lipinski definition) is 3. The molecule has 0 spiro atoms. The van der Waals surface area contributed by atoms with E-state index in [0.717, 1.165) is 16.8 Å². The van der Waals surface area contributed by atoms with Crippen LogP contribution in [-0.2, 0) is 0 Å². The van der Waals surface area contributed by atoms with Crippen LogP contribution >= 0.6 is 0 Å². The lowest BCUT2D eigenvalue weighted by atomic mass is 10.1. The first kappa shape index (κ1) is 13.4. The molecule has 1 unspecified atom stereocenters. The zero-order chi connectivity index (χ0) is 13.8. The van der Waals surface area contributed by atoms with Crippen molar-refractivity contribution >= 4 is 11.4 Å². The molecule has 0 saturated carbocycles. The van der Waals surface area contributed by atoms with Gasteiger partial charge in [-0.25, -0.2) is 4.39 Å². The highest BCUT2D eigenvalue weighted by atomic mass is 19.1. The van der Waals surface area contributed by atoms with Gasteiger partial charge in [-0.15, -0.1) is 0 Å². The third kappa shape index (κ3) is 3.45. The maximum atomic E-state index is 12.7. The fourth-order valence-electron chi connectivity index (χ4n) is 1.77. The topological polar surface area (TPSA) is 58.3 Å². The van der Waals surface area contributed by atoms with E-state index in [-0.39, 0.29) is 5.82 Å². The van der Waals surface area contributed by atoms with Crippen molar-refractivity contribution in [1.82, 2.24) is 0 Å². The molecular formula is C15H17FN2O. The highest BCUT2D eigenvalue weighted by Gasteiger charge is 2.08. The molecule has 4 heteroatoms. The molecule has 0 aliphatic heterocycles. The number of hydrogen-bond acceptors (Lipinski definition) is 3. The van der Waals surface area contributed by atoms with E-state index >= 15 is 0 Å². The minimum absolute atomic E-state index is 0.280. The molecule has 0 heterocycles. The molecule has 0 aromatic heterocycles. The zero-order valence-electron chi connectivity index (χ0n) is 10.7. The fourth-order valence-corrected chi connectivity index (χ4v) is 1.77. The number of nitrogens with one attached hydrogen (secondary N) is 1. The maximum absolute atomic E-state index is 12.7. The summed E-state index contributed by atoms with van der Waals surface area (Å²) in [7, 11) is 0. The number of nitrogens with two attached hydrogens (primary N) is 1. The average Bonchev–Trinajstić information content (AvgIpc) is 2.41. The van der Waals surface area contributed by atoms with Gasteiger partial charge in [0.15, 0.2) is 0 Å². The van der Waals surface area contributed by atoms with Crippen molar-refractivity contribution in [2.45, 2.75) is 13.0 Å². The molecule has 0 aliphatic carbocycles. The van der Waals surface area contributed by atoms with Crippen molar-refractivity contribution in [3.63, 3.8) is 0 Å². The van der Waals surface area contributed by atoms with Crippen LogP contribution in [-0.4, -0.2) is 11.7 Å². The third-order valence-electron chi connectivity index (χ3n) is 3.03. The van der Waals surface area contributed by atoms with Crippen molar-refractivity contribution in [3.8, 4) is 0 Å². The number of nitrogen functional groups attached to an aromatic ring is 1. The van der Waals surface area contributed by atoms with Gasteiger partial charge in [0.2, 0.25) is 0 Å². The quantitative estimate of drug-likeness (QED) is 0.741. The summed E-state index contributed by atoms with van der Waals surface area (Å²) in [6.45, 7) is 2.26. The Morgan fingerprint density at radius 3 is 2.53 bits per heavy atom. The molecule has 2 aromatic rings. The summed E-state index contributed by atoms with van der Waals surface area (Å²) in [6.07, 6.45) is -0.659. The van der Waals surface area contributed by atoms with Crippen LogP contribution in [0.1, 0.15) is 17.2 Å². The molecule has 1 atom stereocenters. The number of aliphatic hydroxyl groups excluding tert-OH is 1. The first-order chi connectivity index (χ1) is 9.06. The van der Waals surface area contributed by atoms with Crippen LogP contribution in [0, 0.1) is 12.7 Å². The smallest absolute Gasteiger partial charge is 0.123 e. The fraction of sp³-hybridized carbons (Fsp3) is 0.200. The van der Waals surface area contributed by atoms with Crippen LogP contribution in [0.15, 0.2) is 42.5 Å². The molecule has 0 saturated heterocycles. The summed E-state index contributed by atoms with van der Waals surface area (Å²) in [5, 5.41) is 13.1. The van der Waals surface area contributed by atoms with Gasteiger partial charge in [-0.3, -0.25) is 0 Å². The Morgan fingerprint density at radius 2 is 1.89 bits per heavy atom. The molecule has 100 valence electrons. The minimum atomic E-state index is -0.659. The first-order valence-corrected chi connectivity index (χ1v) is 6.10. The van der Waals surface area contributed by atoms with Crippen LogP contribution in [0.2, 0.25) is 0 Å². The number of halogens is 1. The molecule has 4 N–H and O–H groups in total. The Bertz CT molecular complexity index is 555. The molecule has 0 fully saturated rings. The van der Waals surface area contributed by atoms with Gasteiger partial charge in [0.25, 0.3) is 0 Å². The van der Waals surface area contributed by atoms with E-state index < -0.39 is 6.10 Å². The van der Waals surface area contributed by atoms with Crippen molar-refractivity contribution < 1.29 is 9.50 Å². The normalized spacial score (nSPS) is 12.2. The molecular weight excluding hydrogens is 243 g/mol. The predicted octanol–water partition coefficient (Wildman–Crippen LogP) is 2.86. The zero-order valence-corrected chi connectivity index (χ0v) is 10.7. The van der Waals surface area contributed by atoms with Gasteiger partial charge >= 0.3 is 0 Å². The van der Waals surface area contributed by atoms with E-state index in [0.29, 0.717) is 12.2 Å². The summed E-state index contributed by atoms with van der Waals surface area (Å²) in [6, 6.07) is 11.5. The lowest BCUT2D eigenvalue weighted by Crippen LogP contribution is -2.12. The van der Waals surface area contributed by atoms with Crippen molar-refractivity contribution in [2.24, 2.45) is 0 Å². The van der Waals surface area contributed by atoms with Gasteiger partial charge in [0.05, 0.1) is 6.10 Å². The van der Waals surface area contributed by atoms with E-state index in [2.05, 4.69) is 5.32 Å².